The summed E-state index contributed by atoms with van der Waals surface area (Å²) < 4.78 is 49.7. The molecule has 9 heteroatoms. The van der Waals surface area contributed by atoms with Crippen molar-refractivity contribution in [3.63, 3.8) is 0 Å². The van der Waals surface area contributed by atoms with Crippen LogP contribution in [0.2, 0.25) is 0 Å². The number of hydrogen-bond donors (Lipinski definition) is 0. The molecule has 1 aliphatic heterocycles. The zero-order valence-corrected chi connectivity index (χ0v) is 29.8. The quantitative estimate of drug-likeness (QED) is 0.139. The van der Waals surface area contributed by atoms with Gasteiger partial charge in [-0.1, -0.05) is 125 Å². The molecule has 1 unspecified atom stereocenters. The smallest absolute Gasteiger partial charge is 0.342 e. The molecule has 1 heterocycles. The van der Waals surface area contributed by atoms with Crippen LogP contribution >= 0.6 is 0 Å². The third-order valence-electron chi connectivity index (χ3n) is 8.12. The van der Waals surface area contributed by atoms with Crippen molar-refractivity contribution in [2.45, 2.75) is 78.2 Å². The van der Waals surface area contributed by atoms with Gasteiger partial charge in [0.15, 0.2) is 6.23 Å². The predicted octanol–water partition coefficient (Wildman–Crippen LogP) is 7.84. The fourth-order valence-electron chi connectivity index (χ4n) is 5.62. The Kier molecular flexibility index (Phi) is 9.63. The molecule has 0 bridgehead atoms. The summed E-state index contributed by atoms with van der Waals surface area (Å²) in [7, 11) is -4.65. The van der Waals surface area contributed by atoms with Crippen molar-refractivity contribution >= 4 is 32.7 Å². The van der Waals surface area contributed by atoms with Crippen molar-refractivity contribution in [3.05, 3.63) is 113 Å². The van der Waals surface area contributed by atoms with Gasteiger partial charge in [0.05, 0.1) is 18.1 Å². The molecular formula is C39H45NO7S. The lowest BCUT2D eigenvalue weighted by molar-refractivity contribution is -0.176. The number of benzene rings is 4. The minimum atomic E-state index is -4.65. The highest BCUT2D eigenvalue weighted by molar-refractivity contribution is 7.89. The van der Waals surface area contributed by atoms with Gasteiger partial charge in [-0.2, -0.15) is 0 Å². The molecule has 0 spiro atoms. The summed E-state index contributed by atoms with van der Waals surface area (Å²) in [4.78, 5) is 29.6. The lowest BCUT2D eigenvalue weighted by atomic mass is 9.87. The number of nitrogens with zero attached hydrogens (tertiary/aromatic N) is 1. The van der Waals surface area contributed by atoms with Gasteiger partial charge < -0.3 is 14.2 Å². The van der Waals surface area contributed by atoms with Crippen LogP contribution in [0, 0.1) is 24.7 Å². The van der Waals surface area contributed by atoms with Gasteiger partial charge in [-0.25, -0.2) is 18.0 Å². The highest BCUT2D eigenvalue weighted by Crippen LogP contribution is 2.54. The Morgan fingerprint density at radius 2 is 1.19 bits per heavy atom. The summed E-state index contributed by atoms with van der Waals surface area (Å²) in [6, 6.07) is 26.5. The molecule has 4 aromatic rings. The molecular weight excluding hydrogens is 626 g/mol. The van der Waals surface area contributed by atoms with Gasteiger partial charge in [0.25, 0.3) is 5.54 Å². The molecule has 5 rings (SSSR count). The molecule has 0 aliphatic carbocycles. The van der Waals surface area contributed by atoms with Gasteiger partial charge in [0.2, 0.25) is 10.0 Å². The van der Waals surface area contributed by atoms with Gasteiger partial charge >= 0.3 is 11.9 Å². The number of hydrogen-bond acceptors (Lipinski definition) is 7. The molecule has 1 saturated heterocycles. The zero-order chi connectivity index (χ0) is 35.1. The van der Waals surface area contributed by atoms with E-state index >= 15 is 8.42 Å². The van der Waals surface area contributed by atoms with E-state index in [1.807, 2.05) is 104 Å². The molecule has 1 fully saturated rings. The summed E-state index contributed by atoms with van der Waals surface area (Å²) in [5, 5.41) is 1.77. The first kappa shape index (κ1) is 35.3. The zero-order valence-electron chi connectivity index (χ0n) is 28.9. The fraction of sp³-hybridized carbons (Fsp3) is 0.385. The molecule has 48 heavy (non-hydrogen) atoms. The van der Waals surface area contributed by atoms with Gasteiger partial charge in [-0.3, -0.25) is 0 Å². The molecule has 0 amide bonds. The largest absolute Gasteiger partial charge is 0.463 e. The van der Waals surface area contributed by atoms with E-state index in [9.17, 15) is 9.59 Å². The third kappa shape index (κ3) is 7.04. The number of sulfonamides is 1. The fourth-order valence-corrected chi connectivity index (χ4v) is 7.38. The van der Waals surface area contributed by atoms with Gasteiger partial charge in [0, 0.05) is 0 Å². The van der Waals surface area contributed by atoms with E-state index < -0.39 is 50.7 Å². The van der Waals surface area contributed by atoms with Crippen molar-refractivity contribution in [1.29, 1.82) is 0 Å². The first-order valence-corrected chi connectivity index (χ1v) is 17.5. The summed E-state index contributed by atoms with van der Waals surface area (Å²) in [6.07, 6.45) is -2.83. The monoisotopic (exact) mass is 671 g/mol. The van der Waals surface area contributed by atoms with Gasteiger partial charge in [-0.15, -0.1) is 4.31 Å². The van der Waals surface area contributed by atoms with Crippen LogP contribution in [0.3, 0.4) is 0 Å². The molecule has 0 N–H and O–H groups in total. The predicted molar refractivity (Wildman–Crippen MR) is 185 cm³/mol. The Morgan fingerprint density at radius 1 is 0.708 bits per heavy atom. The molecule has 0 aromatic heterocycles. The maximum Gasteiger partial charge on any atom is 0.342 e. The van der Waals surface area contributed by atoms with Crippen LogP contribution in [0.1, 0.15) is 76.1 Å². The molecule has 1 aliphatic rings. The van der Waals surface area contributed by atoms with Crippen LogP contribution in [-0.4, -0.2) is 43.4 Å². The average Bonchev–Trinajstić information content (AvgIpc) is 3.40. The summed E-state index contributed by atoms with van der Waals surface area (Å²) in [5.74, 6) is -2.14. The summed E-state index contributed by atoms with van der Waals surface area (Å²) >= 11 is 0. The van der Waals surface area contributed by atoms with Crippen LogP contribution in [0.4, 0.5) is 0 Å². The topological polar surface area (TPSA) is 99.2 Å². The highest BCUT2D eigenvalue weighted by Gasteiger charge is 2.71. The number of rotatable bonds is 8. The second kappa shape index (κ2) is 13.1. The Bertz CT molecular complexity index is 1870. The Morgan fingerprint density at radius 3 is 1.71 bits per heavy atom. The standard InChI is InChI=1S/C39H45NO7S/c1-26-13-17-29(18-14-26)33-39(35(41)45-24-37(3,4)5,36(42)46-25-38(6,7)8)40(48(43,44)32-21-15-27(2)16-22-32)34(47-33)31-20-19-28-11-9-10-12-30(28)23-31/h9-23,33-34H,24-25H2,1-8H3/t33-,34?/m1/s1. The Labute approximate surface area is 284 Å². The van der Waals surface area contributed by atoms with E-state index in [0.717, 1.165) is 26.2 Å². The van der Waals surface area contributed by atoms with Crippen molar-refractivity contribution in [2.75, 3.05) is 13.2 Å². The summed E-state index contributed by atoms with van der Waals surface area (Å²) in [5.41, 5.74) is -0.943. The van der Waals surface area contributed by atoms with E-state index in [2.05, 4.69) is 0 Å². The third-order valence-corrected chi connectivity index (χ3v) is 9.98. The van der Waals surface area contributed by atoms with Crippen LogP contribution in [0.15, 0.2) is 95.9 Å². The Balaban J connectivity index is 1.85. The minimum absolute atomic E-state index is 0.0835. The van der Waals surface area contributed by atoms with Crippen LogP contribution in [-0.2, 0) is 33.8 Å². The van der Waals surface area contributed by atoms with Crippen molar-refractivity contribution in [2.24, 2.45) is 10.8 Å². The molecule has 0 saturated carbocycles. The van der Waals surface area contributed by atoms with Crippen molar-refractivity contribution in [3.8, 4) is 0 Å². The molecule has 4 aromatic carbocycles. The highest BCUT2D eigenvalue weighted by atomic mass is 32.2. The van der Waals surface area contributed by atoms with Gasteiger partial charge in [0.1, 0.15) is 6.10 Å². The lowest BCUT2D eigenvalue weighted by Gasteiger charge is -2.37. The normalized spacial score (nSPS) is 18.5. The minimum Gasteiger partial charge on any atom is -0.463 e. The number of aryl methyl sites for hydroxylation is 2. The summed E-state index contributed by atoms with van der Waals surface area (Å²) in [6.45, 7) is 14.9. The van der Waals surface area contributed by atoms with Crippen molar-refractivity contribution in [1.82, 2.24) is 4.31 Å². The number of carbonyl (C=O) groups excluding carboxylic acids is 2. The van der Waals surface area contributed by atoms with E-state index in [4.69, 9.17) is 14.2 Å². The number of ether oxygens (including phenoxy) is 3. The molecule has 0 radical (unpaired) electrons. The number of fused-ring (bicyclic) bond motifs is 1. The molecule has 2 atom stereocenters. The van der Waals surface area contributed by atoms with Gasteiger partial charge in [-0.05, 0) is 64.8 Å². The van der Waals surface area contributed by atoms with Crippen LogP contribution in [0.25, 0.3) is 10.8 Å². The van der Waals surface area contributed by atoms with Crippen LogP contribution < -0.4 is 0 Å². The second-order valence-corrected chi connectivity index (χ2v) is 16.9. The van der Waals surface area contributed by atoms with Crippen molar-refractivity contribution < 1.29 is 32.2 Å². The SMILES string of the molecule is Cc1ccc([C@H]2OC(c3ccc4ccccc4c3)N(S(=O)(=O)c3ccc(C)cc3)C2(C(=O)OCC(C)(C)C)C(=O)OCC(C)(C)C)cc1. The molecule has 254 valence electrons. The van der Waals surface area contributed by atoms with Crippen LogP contribution in [0.5, 0.6) is 0 Å². The van der Waals surface area contributed by atoms with E-state index in [1.165, 1.54) is 12.1 Å². The number of esters is 2. The maximum absolute atomic E-state index is 15.1. The van der Waals surface area contributed by atoms with E-state index in [-0.39, 0.29) is 18.1 Å². The average molecular weight is 672 g/mol. The number of carbonyl (C=O) groups is 2. The first-order chi connectivity index (χ1) is 22.4. The molecule has 8 nitrogen and oxygen atoms in total. The lowest BCUT2D eigenvalue weighted by Crippen LogP contribution is -2.63. The van der Waals surface area contributed by atoms with E-state index in [1.54, 1.807) is 30.3 Å². The first-order valence-electron chi connectivity index (χ1n) is 16.1. The van der Waals surface area contributed by atoms with E-state index in [0.29, 0.717) is 11.1 Å². The Hall–Kier alpha value is -4.05. The second-order valence-electron chi connectivity index (χ2n) is 15.0. The maximum atomic E-state index is 15.1.